The van der Waals surface area contributed by atoms with Crippen molar-refractivity contribution in [2.75, 3.05) is 0 Å². The Bertz CT molecular complexity index is 84.3. The largest absolute Gasteiger partial charge is 0.310 e. The van der Waals surface area contributed by atoms with Gasteiger partial charge in [0.2, 0.25) is 0 Å². The second-order valence-electron chi connectivity index (χ2n) is 1.44. The molecule has 0 atom stereocenters. The van der Waals surface area contributed by atoms with Crippen molar-refractivity contribution in [3.63, 3.8) is 0 Å². The van der Waals surface area contributed by atoms with E-state index in [1.54, 1.807) is 6.92 Å². The lowest BCUT2D eigenvalue weighted by Gasteiger charge is -1.71. The van der Waals surface area contributed by atoms with Gasteiger partial charge in [0.25, 0.3) is 0 Å². The number of rotatable bonds is 2. The van der Waals surface area contributed by atoms with E-state index in [1.807, 2.05) is 0 Å². The van der Waals surface area contributed by atoms with Gasteiger partial charge in [0.1, 0.15) is 0 Å². The highest BCUT2D eigenvalue weighted by molar-refractivity contribution is 6.09. The molecule has 7 heavy (non-hydrogen) atoms. The highest BCUT2D eigenvalue weighted by Crippen LogP contribution is 1.79. The van der Waals surface area contributed by atoms with Crippen LogP contribution in [0.15, 0.2) is 0 Å². The van der Waals surface area contributed by atoms with Crippen molar-refractivity contribution in [1.29, 1.82) is 5.41 Å². The molecule has 2 heteroatoms. The molecule has 0 rings (SSSR count). The molecule has 0 amide bonds. The van der Waals surface area contributed by atoms with Crippen LogP contribution in [-0.2, 0) is 4.79 Å². The van der Waals surface area contributed by atoms with Gasteiger partial charge < -0.3 is 0 Å². The zero-order valence-corrected chi connectivity index (χ0v) is 4.49. The molecule has 0 fully saturated rings. The van der Waals surface area contributed by atoms with Crippen LogP contribution in [0.5, 0.6) is 0 Å². The fourth-order valence-electron chi connectivity index (χ4n) is 0.305. The van der Waals surface area contributed by atoms with E-state index in [2.05, 4.69) is 0 Å². The van der Waals surface area contributed by atoms with Crippen LogP contribution in [0.1, 0.15) is 13.8 Å². The van der Waals surface area contributed by atoms with Gasteiger partial charge in [-0.1, -0.05) is 0 Å². The fraction of sp³-hybridized carbons (Fsp3) is 0.400. The molecule has 0 aliphatic carbocycles. The van der Waals surface area contributed by atoms with Crippen molar-refractivity contribution in [2.45, 2.75) is 13.8 Å². The zero-order valence-electron chi connectivity index (χ0n) is 4.49. The van der Waals surface area contributed by atoms with E-state index in [-0.39, 0.29) is 5.78 Å². The maximum atomic E-state index is 10.1. The standard InChI is InChI=1S/C5H8NO/c1-4(6)3-5(2)7/h3,6H,1-2H3/q+1. The molecule has 0 spiro atoms. The first kappa shape index (κ1) is 6.21. The van der Waals surface area contributed by atoms with Crippen LogP contribution in [0.4, 0.5) is 0 Å². The molecular weight excluding hydrogens is 90.1 g/mol. The first-order valence-corrected chi connectivity index (χ1v) is 2.03. The molecule has 1 N–H and O–H groups in total. The Hall–Kier alpha value is -0.790. The molecule has 38 valence electrons. The summed E-state index contributed by atoms with van der Waals surface area (Å²) in [6, 6.07) is 0. The van der Waals surface area contributed by atoms with Crippen LogP contribution < -0.4 is 0 Å². The maximum Gasteiger partial charge on any atom is 0.310 e. The summed E-state index contributed by atoms with van der Waals surface area (Å²) in [6.45, 7) is 3.00. The molecule has 0 radical (unpaired) electrons. The predicted octanol–water partition coefficient (Wildman–Crippen LogP) is 0.819. The number of ketones is 1. The molecule has 0 aromatic heterocycles. The zero-order chi connectivity index (χ0) is 5.86. The summed E-state index contributed by atoms with van der Waals surface area (Å²) in [4.78, 5) is 10.1. The van der Waals surface area contributed by atoms with Gasteiger partial charge in [-0.2, -0.15) is 0 Å². The lowest BCUT2D eigenvalue weighted by atomic mass is 10.2. The molecule has 0 bridgehead atoms. The molecule has 0 saturated carbocycles. The maximum absolute atomic E-state index is 10.1. The summed E-state index contributed by atoms with van der Waals surface area (Å²) >= 11 is 0. The average Bonchev–Trinajstić information content (AvgIpc) is 1.27. The van der Waals surface area contributed by atoms with E-state index in [1.165, 1.54) is 13.3 Å². The van der Waals surface area contributed by atoms with Gasteiger partial charge in [-0.15, -0.1) is 0 Å². The second kappa shape index (κ2) is 2.39. The average molecular weight is 98.1 g/mol. The topological polar surface area (TPSA) is 40.9 Å². The Morgan fingerprint density at radius 2 is 2.00 bits per heavy atom. The third kappa shape index (κ3) is 5.21. The molecule has 0 unspecified atom stereocenters. The summed E-state index contributed by atoms with van der Waals surface area (Å²) in [7, 11) is 0. The summed E-state index contributed by atoms with van der Waals surface area (Å²) in [5.74, 6) is -0.0625. The molecular formula is C5H8NO+. The Morgan fingerprint density at radius 1 is 1.57 bits per heavy atom. The quantitative estimate of drug-likeness (QED) is 0.403. The van der Waals surface area contributed by atoms with Crippen LogP contribution in [0.25, 0.3) is 0 Å². The number of carbonyl (C=O) groups excluding carboxylic acids is 1. The van der Waals surface area contributed by atoms with Crippen LogP contribution >= 0.6 is 0 Å². The highest BCUT2D eigenvalue weighted by Gasteiger charge is 2.05. The summed E-state index contributed by atoms with van der Waals surface area (Å²) in [6.07, 6.45) is 1.28. The van der Waals surface area contributed by atoms with Crippen molar-refractivity contribution in [2.24, 2.45) is 0 Å². The smallest absolute Gasteiger partial charge is 0.265 e. The Morgan fingerprint density at radius 3 is 2.00 bits per heavy atom. The SMILES string of the molecule is CC(=N)[CH+]C(C)=O. The van der Waals surface area contributed by atoms with Gasteiger partial charge in [0, 0.05) is 13.8 Å². The second-order valence-corrected chi connectivity index (χ2v) is 1.44. The van der Waals surface area contributed by atoms with Crippen molar-refractivity contribution in [1.82, 2.24) is 0 Å². The van der Waals surface area contributed by atoms with Crippen LogP contribution in [-0.4, -0.2) is 11.5 Å². The normalized spacial score (nSPS) is 7.71. The number of carbonyl (C=O) groups is 1. The number of hydrogen-bond acceptors (Lipinski definition) is 2. The van der Waals surface area contributed by atoms with Crippen LogP contribution in [0, 0.1) is 11.8 Å². The first-order chi connectivity index (χ1) is 3.13. The minimum absolute atomic E-state index is 0.0625. The van der Waals surface area contributed by atoms with Crippen molar-refractivity contribution in [3.8, 4) is 0 Å². The lowest BCUT2D eigenvalue weighted by Crippen LogP contribution is -1.98. The van der Waals surface area contributed by atoms with Crippen molar-refractivity contribution < 1.29 is 4.79 Å². The van der Waals surface area contributed by atoms with Gasteiger partial charge in [0.15, 0.2) is 12.1 Å². The molecule has 0 saturated heterocycles. The number of hydrogen-bond donors (Lipinski definition) is 1. The Kier molecular flexibility index (Phi) is 2.12. The predicted molar refractivity (Wildman–Crippen MR) is 28.4 cm³/mol. The minimum Gasteiger partial charge on any atom is -0.265 e. The lowest BCUT2D eigenvalue weighted by molar-refractivity contribution is -0.113. The number of nitrogens with one attached hydrogen (secondary N) is 1. The summed E-state index contributed by atoms with van der Waals surface area (Å²) < 4.78 is 0. The van der Waals surface area contributed by atoms with Gasteiger partial charge in [-0.3, -0.25) is 5.41 Å². The fourth-order valence-corrected chi connectivity index (χ4v) is 0.305. The Labute approximate surface area is 43.0 Å². The molecule has 0 aliphatic rings. The van der Waals surface area contributed by atoms with Crippen molar-refractivity contribution in [3.05, 3.63) is 6.42 Å². The Balaban J connectivity index is 3.32. The van der Waals surface area contributed by atoms with E-state index in [4.69, 9.17) is 5.41 Å². The first-order valence-electron chi connectivity index (χ1n) is 2.03. The van der Waals surface area contributed by atoms with E-state index in [9.17, 15) is 4.79 Å². The van der Waals surface area contributed by atoms with Gasteiger partial charge in [-0.25, -0.2) is 4.79 Å². The summed E-state index contributed by atoms with van der Waals surface area (Å²) in [5, 5.41) is 6.75. The summed E-state index contributed by atoms with van der Waals surface area (Å²) in [5.41, 5.74) is 0.313. The molecule has 0 aromatic rings. The third-order valence-electron chi connectivity index (χ3n) is 0.420. The van der Waals surface area contributed by atoms with E-state index in [0.29, 0.717) is 5.71 Å². The molecule has 0 heterocycles. The molecule has 2 nitrogen and oxygen atoms in total. The van der Waals surface area contributed by atoms with E-state index >= 15 is 0 Å². The van der Waals surface area contributed by atoms with E-state index in [0.717, 1.165) is 0 Å². The van der Waals surface area contributed by atoms with Gasteiger partial charge in [-0.05, 0) is 0 Å². The molecule has 0 aliphatic heterocycles. The van der Waals surface area contributed by atoms with Crippen molar-refractivity contribution >= 4 is 11.5 Å². The van der Waals surface area contributed by atoms with Crippen LogP contribution in [0.2, 0.25) is 0 Å². The molecule has 0 aromatic carbocycles. The van der Waals surface area contributed by atoms with Gasteiger partial charge in [0.05, 0.1) is 0 Å². The highest BCUT2D eigenvalue weighted by atomic mass is 16.1. The monoisotopic (exact) mass is 98.1 g/mol. The third-order valence-corrected chi connectivity index (χ3v) is 0.420. The minimum atomic E-state index is -0.0625. The van der Waals surface area contributed by atoms with E-state index < -0.39 is 0 Å². The van der Waals surface area contributed by atoms with Gasteiger partial charge >= 0.3 is 5.78 Å². The number of Topliss-reactive ketones (excluding diaryl/α,β-unsaturated/α-hetero) is 1. The van der Waals surface area contributed by atoms with Crippen LogP contribution in [0.3, 0.4) is 0 Å².